The van der Waals surface area contributed by atoms with Crippen LogP contribution in [0.2, 0.25) is 0 Å². The highest BCUT2D eigenvalue weighted by atomic mass is 32.1. The van der Waals surface area contributed by atoms with E-state index in [4.69, 9.17) is 4.74 Å². The minimum absolute atomic E-state index is 0.175. The third kappa shape index (κ3) is 2.68. The molecular weight excluding hydrogens is 260 g/mol. The molecule has 1 aromatic rings. The molecule has 2 bridgehead atoms. The Hall–Kier alpha value is -0.910. The molecule has 3 rings (SSSR count). The lowest BCUT2D eigenvalue weighted by Gasteiger charge is -2.29. The van der Waals surface area contributed by atoms with Crippen molar-refractivity contribution in [3.05, 3.63) is 21.9 Å². The molecule has 0 aliphatic carbocycles. The van der Waals surface area contributed by atoms with Gasteiger partial charge < -0.3 is 14.5 Å². The number of hydrogen-bond acceptors (Lipinski definition) is 4. The SMILES string of the molecule is Cc1ccc(C(=O)N2C[C@H]3COC[C@@H]2CN(C)C3)s1. The largest absolute Gasteiger partial charge is 0.379 e. The van der Waals surface area contributed by atoms with E-state index >= 15 is 0 Å². The Kier molecular flexibility index (Phi) is 3.60. The quantitative estimate of drug-likeness (QED) is 0.781. The summed E-state index contributed by atoms with van der Waals surface area (Å²) >= 11 is 1.59. The Morgan fingerprint density at radius 1 is 1.32 bits per heavy atom. The van der Waals surface area contributed by atoms with Gasteiger partial charge in [-0.3, -0.25) is 4.79 Å². The molecule has 2 saturated heterocycles. The molecule has 2 aliphatic rings. The van der Waals surface area contributed by atoms with Crippen molar-refractivity contribution in [2.24, 2.45) is 5.92 Å². The van der Waals surface area contributed by atoms with Crippen LogP contribution in [0.5, 0.6) is 0 Å². The zero-order chi connectivity index (χ0) is 13.4. The third-order valence-corrected chi connectivity index (χ3v) is 4.85. The molecule has 1 amide bonds. The van der Waals surface area contributed by atoms with Gasteiger partial charge >= 0.3 is 0 Å². The zero-order valence-electron chi connectivity index (χ0n) is 11.5. The van der Waals surface area contributed by atoms with Crippen molar-refractivity contribution < 1.29 is 9.53 Å². The number of likely N-dealkylation sites (N-methyl/N-ethyl adjacent to an activating group) is 1. The van der Waals surface area contributed by atoms with Gasteiger partial charge in [-0.1, -0.05) is 0 Å². The maximum atomic E-state index is 12.7. The number of hydrogen-bond donors (Lipinski definition) is 0. The molecule has 0 N–H and O–H groups in total. The van der Waals surface area contributed by atoms with E-state index in [1.807, 2.05) is 24.0 Å². The Labute approximate surface area is 118 Å². The van der Waals surface area contributed by atoms with Crippen molar-refractivity contribution in [3.8, 4) is 0 Å². The van der Waals surface area contributed by atoms with Crippen LogP contribution in [-0.2, 0) is 4.74 Å². The van der Waals surface area contributed by atoms with Crippen molar-refractivity contribution in [2.45, 2.75) is 13.0 Å². The number of nitrogens with zero attached hydrogens (tertiary/aromatic N) is 2. The minimum Gasteiger partial charge on any atom is -0.379 e. The van der Waals surface area contributed by atoms with Crippen LogP contribution in [0.1, 0.15) is 14.5 Å². The van der Waals surface area contributed by atoms with Gasteiger partial charge in [0.1, 0.15) is 0 Å². The predicted octanol–water partition coefficient (Wildman–Crippen LogP) is 1.46. The summed E-state index contributed by atoms with van der Waals surface area (Å²) in [5.41, 5.74) is 0. The number of thiophene rings is 1. The van der Waals surface area contributed by atoms with Gasteiger partial charge in [-0.05, 0) is 26.1 Å². The van der Waals surface area contributed by atoms with Gasteiger partial charge in [0.15, 0.2) is 0 Å². The standard InChI is InChI=1S/C14H20N2O2S/c1-10-3-4-13(19-10)14(17)16-6-11-5-15(2)7-12(16)9-18-8-11/h3-4,11-12H,5-9H2,1-2H3/t11-,12-/m0/s1. The van der Waals surface area contributed by atoms with Crippen LogP contribution in [0.4, 0.5) is 0 Å². The number of amides is 1. The molecule has 0 aromatic carbocycles. The molecule has 19 heavy (non-hydrogen) atoms. The number of fused-ring (bicyclic) bond motifs is 3. The normalized spacial score (nSPS) is 28.2. The smallest absolute Gasteiger partial charge is 0.264 e. The number of ether oxygens (including phenoxy) is 1. The Bertz CT molecular complexity index is 474. The van der Waals surface area contributed by atoms with Crippen LogP contribution in [0, 0.1) is 12.8 Å². The fraction of sp³-hybridized carbons (Fsp3) is 0.643. The maximum absolute atomic E-state index is 12.7. The van der Waals surface area contributed by atoms with Crippen LogP contribution >= 0.6 is 11.3 Å². The van der Waals surface area contributed by atoms with Crippen molar-refractivity contribution in [1.29, 1.82) is 0 Å². The summed E-state index contributed by atoms with van der Waals surface area (Å²) < 4.78 is 5.71. The second-order valence-corrected chi connectivity index (χ2v) is 6.93. The predicted molar refractivity (Wildman–Crippen MR) is 75.7 cm³/mol. The van der Waals surface area contributed by atoms with Crippen molar-refractivity contribution in [1.82, 2.24) is 9.80 Å². The van der Waals surface area contributed by atoms with Crippen LogP contribution in [-0.4, -0.2) is 61.6 Å². The molecule has 2 fully saturated rings. The van der Waals surface area contributed by atoms with Crippen molar-refractivity contribution in [3.63, 3.8) is 0 Å². The Morgan fingerprint density at radius 2 is 2.16 bits per heavy atom. The fourth-order valence-corrected chi connectivity index (χ4v) is 3.84. The maximum Gasteiger partial charge on any atom is 0.264 e. The summed E-state index contributed by atoms with van der Waals surface area (Å²) in [7, 11) is 2.13. The Morgan fingerprint density at radius 3 is 2.89 bits per heavy atom. The van der Waals surface area contributed by atoms with Crippen molar-refractivity contribution >= 4 is 17.2 Å². The average molecular weight is 280 g/mol. The minimum atomic E-state index is 0.175. The first kappa shape index (κ1) is 13.1. The number of rotatable bonds is 1. The third-order valence-electron chi connectivity index (χ3n) is 3.86. The topological polar surface area (TPSA) is 32.8 Å². The molecule has 3 heterocycles. The highest BCUT2D eigenvalue weighted by Crippen LogP contribution is 2.23. The first-order valence-electron chi connectivity index (χ1n) is 6.77. The van der Waals surface area contributed by atoms with E-state index < -0.39 is 0 Å². The van der Waals surface area contributed by atoms with E-state index in [1.54, 1.807) is 11.3 Å². The second-order valence-electron chi connectivity index (χ2n) is 5.65. The number of aryl methyl sites for hydroxylation is 1. The van der Waals surface area contributed by atoms with E-state index in [9.17, 15) is 4.79 Å². The lowest BCUT2D eigenvalue weighted by molar-refractivity contribution is 0.0486. The molecule has 5 heteroatoms. The first-order valence-corrected chi connectivity index (χ1v) is 7.59. The zero-order valence-corrected chi connectivity index (χ0v) is 12.3. The van der Waals surface area contributed by atoms with Gasteiger partial charge in [-0.25, -0.2) is 0 Å². The monoisotopic (exact) mass is 280 g/mol. The molecule has 0 saturated carbocycles. The molecular formula is C14H20N2O2S. The van der Waals surface area contributed by atoms with Gasteiger partial charge in [0.25, 0.3) is 5.91 Å². The van der Waals surface area contributed by atoms with Crippen LogP contribution < -0.4 is 0 Å². The van der Waals surface area contributed by atoms with E-state index in [-0.39, 0.29) is 11.9 Å². The van der Waals surface area contributed by atoms with Crippen LogP contribution in [0.3, 0.4) is 0 Å². The van der Waals surface area contributed by atoms with Gasteiger partial charge in [-0.2, -0.15) is 0 Å². The molecule has 0 radical (unpaired) electrons. The molecule has 1 aromatic heterocycles. The van der Waals surface area contributed by atoms with Crippen LogP contribution in [0.25, 0.3) is 0 Å². The lowest BCUT2D eigenvalue weighted by Crippen LogP contribution is -2.45. The van der Waals surface area contributed by atoms with E-state index in [0.717, 1.165) is 31.1 Å². The highest BCUT2D eigenvalue weighted by Gasteiger charge is 2.35. The second kappa shape index (κ2) is 5.23. The summed E-state index contributed by atoms with van der Waals surface area (Å²) in [5.74, 6) is 0.608. The van der Waals surface area contributed by atoms with Gasteiger partial charge in [0.2, 0.25) is 0 Å². The van der Waals surface area contributed by atoms with Gasteiger partial charge in [0.05, 0.1) is 24.1 Å². The van der Waals surface area contributed by atoms with Crippen molar-refractivity contribution in [2.75, 3.05) is 39.9 Å². The molecule has 2 aliphatic heterocycles. The number of carbonyl (C=O) groups is 1. The van der Waals surface area contributed by atoms with E-state index in [1.165, 1.54) is 4.88 Å². The summed E-state index contributed by atoms with van der Waals surface area (Å²) in [6.45, 7) is 6.23. The van der Waals surface area contributed by atoms with Gasteiger partial charge in [0, 0.05) is 30.4 Å². The fourth-order valence-electron chi connectivity index (χ4n) is 3.02. The van der Waals surface area contributed by atoms with Crippen LogP contribution in [0.15, 0.2) is 12.1 Å². The Balaban J connectivity index is 1.85. The average Bonchev–Trinajstić information content (AvgIpc) is 2.60. The van der Waals surface area contributed by atoms with E-state index in [0.29, 0.717) is 12.5 Å². The molecule has 0 unspecified atom stereocenters. The summed E-state index contributed by atoms with van der Waals surface area (Å²) in [6.07, 6.45) is 0. The molecule has 0 spiro atoms. The summed E-state index contributed by atoms with van der Waals surface area (Å²) in [5, 5.41) is 0. The molecule has 2 atom stereocenters. The van der Waals surface area contributed by atoms with Gasteiger partial charge in [-0.15, -0.1) is 11.3 Å². The molecule has 4 nitrogen and oxygen atoms in total. The molecule has 104 valence electrons. The van der Waals surface area contributed by atoms with E-state index in [2.05, 4.69) is 11.9 Å². The summed E-state index contributed by atoms with van der Waals surface area (Å²) in [4.78, 5) is 19.1. The summed E-state index contributed by atoms with van der Waals surface area (Å²) in [6, 6.07) is 4.15. The number of carbonyl (C=O) groups excluding carboxylic acids is 1. The lowest BCUT2D eigenvalue weighted by atomic mass is 10.1. The first-order chi connectivity index (χ1) is 9.13. The highest BCUT2D eigenvalue weighted by molar-refractivity contribution is 7.13.